The van der Waals surface area contributed by atoms with Gasteiger partial charge >= 0.3 is 0 Å². The standard InChI is InChI=1S/C10H9BrN6O3/c1-20-7-3-2-6(17(18)19)9(8(7)11)16-15-5(4-12)10(13)14/h2-3,16H,1H3,(H3,13,14)/b15-5+. The molecule has 0 heterocycles. The third-order valence-electron chi connectivity index (χ3n) is 2.14. The quantitative estimate of drug-likeness (QED) is 0.320. The smallest absolute Gasteiger partial charge is 0.295 e. The van der Waals surface area contributed by atoms with Crippen molar-refractivity contribution in [2.24, 2.45) is 10.8 Å². The first kappa shape index (κ1) is 15.4. The number of anilines is 1. The van der Waals surface area contributed by atoms with Gasteiger partial charge in [-0.1, -0.05) is 0 Å². The Labute approximate surface area is 121 Å². The molecule has 1 aromatic carbocycles. The van der Waals surface area contributed by atoms with E-state index < -0.39 is 16.5 Å². The summed E-state index contributed by atoms with van der Waals surface area (Å²) in [6, 6.07) is 4.22. The molecule has 10 heteroatoms. The van der Waals surface area contributed by atoms with E-state index in [0.717, 1.165) is 0 Å². The van der Waals surface area contributed by atoms with E-state index in [2.05, 4.69) is 26.5 Å². The Kier molecular flexibility index (Phi) is 4.99. The van der Waals surface area contributed by atoms with Crippen molar-refractivity contribution in [1.29, 1.82) is 10.7 Å². The van der Waals surface area contributed by atoms with Crippen molar-refractivity contribution in [1.82, 2.24) is 0 Å². The fraction of sp³-hybridized carbons (Fsp3) is 0.100. The molecule has 0 atom stereocenters. The highest BCUT2D eigenvalue weighted by molar-refractivity contribution is 9.10. The number of hydrazone groups is 1. The van der Waals surface area contributed by atoms with Gasteiger partial charge in [0.1, 0.15) is 11.8 Å². The lowest BCUT2D eigenvalue weighted by Gasteiger charge is -2.09. The summed E-state index contributed by atoms with van der Waals surface area (Å²) in [4.78, 5) is 10.3. The maximum absolute atomic E-state index is 10.9. The minimum Gasteiger partial charge on any atom is -0.495 e. The van der Waals surface area contributed by atoms with Crippen LogP contribution in [0.3, 0.4) is 0 Å². The summed E-state index contributed by atoms with van der Waals surface area (Å²) in [6.45, 7) is 0. The summed E-state index contributed by atoms with van der Waals surface area (Å²) in [6.07, 6.45) is 0. The number of amidine groups is 1. The fourth-order valence-corrected chi connectivity index (χ4v) is 1.81. The van der Waals surface area contributed by atoms with Crippen LogP contribution in [0, 0.1) is 26.9 Å². The van der Waals surface area contributed by atoms with Gasteiger partial charge < -0.3 is 10.5 Å². The van der Waals surface area contributed by atoms with E-state index in [1.54, 1.807) is 6.07 Å². The van der Waals surface area contributed by atoms with Gasteiger partial charge in [-0.25, -0.2) is 0 Å². The topological polar surface area (TPSA) is 150 Å². The molecular weight excluding hydrogens is 332 g/mol. The number of rotatable bonds is 5. The molecule has 0 saturated heterocycles. The van der Waals surface area contributed by atoms with Gasteiger partial charge in [-0.15, -0.1) is 0 Å². The van der Waals surface area contributed by atoms with Gasteiger partial charge in [-0.05, 0) is 22.0 Å². The second kappa shape index (κ2) is 6.48. The molecule has 0 spiro atoms. The Morgan fingerprint density at radius 3 is 2.80 bits per heavy atom. The van der Waals surface area contributed by atoms with Crippen molar-refractivity contribution < 1.29 is 9.66 Å². The number of ether oxygens (including phenoxy) is 1. The lowest BCUT2D eigenvalue weighted by molar-refractivity contribution is -0.384. The van der Waals surface area contributed by atoms with Crippen LogP contribution in [-0.4, -0.2) is 23.6 Å². The summed E-state index contributed by atoms with van der Waals surface area (Å²) in [5.74, 6) is -0.212. The van der Waals surface area contributed by atoms with Crippen molar-refractivity contribution in [3.8, 4) is 11.8 Å². The molecule has 1 aromatic rings. The van der Waals surface area contributed by atoms with E-state index in [-0.39, 0.29) is 15.8 Å². The number of nitro groups is 1. The summed E-state index contributed by atoms with van der Waals surface area (Å²) in [5, 5.41) is 30.3. The van der Waals surface area contributed by atoms with Crippen molar-refractivity contribution in [3.05, 3.63) is 26.7 Å². The average molecular weight is 341 g/mol. The number of nitrogens with zero attached hydrogens (tertiary/aromatic N) is 3. The highest BCUT2D eigenvalue weighted by Gasteiger charge is 2.20. The van der Waals surface area contributed by atoms with Gasteiger partial charge in [0.05, 0.1) is 16.5 Å². The number of hydrogen-bond donors (Lipinski definition) is 3. The van der Waals surface area contributed by atoms with E-state index >= 15 is 0 Å². The SMILES string of the molecule is COc1ccc([N+](=O)[O-])c(N/N=C(\C#N)C(=N)N)c1Br. The zero-order valence-electron chi connectivity index (χ0n) is 10.2. The van der Waals surface area contributed by atoms with Crippen molar-refractivity contribution in [2.45, 2.75) is 0 Å². The van der Waals surface area contributed by atoms with Gasteiger partial charge in [0.2, 0.25) is 5.71 Å². The molecule has 0 aliphatic carbocycles. The summed E-state index contributed by atoms with van der Waals surface area (Å²) < 4.78 is 5.27. The Morgan fingerprint density at radius 1 is 1.70 bits per heavy atom. The minimum absolute atomic E-state index is 0.0108. The van der Waals surface area contributed by atoms with E-state index in [0.29, 0.717) is 5.75 Å². The minimum atomic E-state index is -0.623. The fourth-order valence-electron chi connectivity index (χ4n) is 1.22. The number of hydrogen-bond acceptors (Lipinski definition) is 7. The van der Waals surface area contributed by atoms with Gasteiger partial charge in [0.25, 0.3) is 5.69 Å². The zero-order chi connectivity index (χ0) is 15.3. The van der Waals surface area contributed by atoms with Gasteiger partial charge in [-0.2, -0.15) is 10.4 Å². The lowest BCUT2D eigenvalue weighted by atomic mass is 10.2. The van der Waals surface area contributed by atoms with Crippen molar-refractivity contribution in [3.63, 3.8) is 0 Å². The summed E-state index contributed by atoms with van der Waals surface area (Å²) >= 11 is 3.14. The molecule has 0 radical (unpaired) electrons. The van der Waals surface area contributed by atoms with E-state index in [1.807, 2.05) is 0 Å². The molecule has 104 valence electrons. The molecule has 0 aliphatic rings. The third-order valence-corrected chi connectivity index (χ3v) is 2.93. The average Bonchev–Trinajstić information content (AvgIpc) is 2.40. The first-order valence-corrected chi connectivity index (χ1v) is 5.80. The number of nitriles is 1. The van der Waals surface area contributed by atoms with Crippen LogP contribution < -0.4 is 15.9 Å². The lowest BCUT2D eigenvalue weighted by Crippen LogP contribution is -2.22. The molecule has 4 N–H and O–H groups in total. The van der Waals surface area contributed by atoms with Crippen LogP contribution in [0.15, 0.2) is 21.7 Å². The predicted molar refractivity (Wildman–Crippen MR) is 75.9 cm³/mol. The van der Waals surface area contributed by atoms with Gasteiger partial charge in [0.15, 0.2) is 11.5 Å². The Hall–Kier alpha value is -2.67. The van der Waals surface area contributed by atoms with Crippen LogP contribution in [-0.2, 0) is 0 Å². The molecular formula is C10H9BrN6O3. The summed E-state index contributed by atoms with van der Waals surface area (Å²) in [5.41, 5.74) is 6.79. The van der Waals surface area contributed by atoms with E-state index in [4.69, 9.17) is 21.1 Å². The molecule has 9 nitrogen and oxygen atoms in total. The van der Waals surface area contributed by atoms with Crippen LogP contribution in [0.1, 0.15) is 0 Å². The van der Waals surface area contributed by atoms with Crippen LogP contribution in [0.2, 0.25) is 0 Å². The maximum Gasteiger partial charge on any atom is 0.295 e. The van der Waals surface area contributed by atoms with Gasteiger partial charge in [-0.3, -0.25) is 20.9 Å². The van der Waals surface area contributed by atoms with Crippen LogP contribution in [0.25, 0.3) is 0 Å². The predicted octanol–water partition coefficient (Wildman–Crippen LogP) is 1.59. The molecule has 0 amide bonds. The third kappa shape index (κ3) is 3.21. The van der Waals surface area contributed by atoms with Gasteiger partial charge in [0, 0.05) is 6.07 Å². The summed E-state index contributed by atoms with van der Waals surface area (Å²) in [7, 11) is 1.40. The molecule has 0 unspecified atom stereocenters. The van der Waals surface area contributed by atoms with Crippen LogP contribution in [0.5, 0.6) is 5.75 Å². The number of nitrogens with one attached hydrogen (secondary N) is 2. The Bertz CT molecular complexity index is 637. The number of nitro benzene ring substituents is 1. The second-order valence-corrected chi connectivity index (χ2v) is 4.12. The molecule has 0 saturated carbocycles. The van der Waals surface area contributed by atoms with Crippen LogP contribution >= 0.6 is 15.9 Å². The maximum atomic E-state index is 10.9. The van der Waals surface area contributed by atoms with Crippen molar-refractivity contribution in [2.75, 3.05) is 12.5 Å². The monoisotopic (exact) mass is 340 g/mol. The molecule has 0 aliphatic heterocycles. The molecule has 20 heavy (non-hydrogen) atoms. The highest BCUT2D eigenvalue weighted by Crippen LogP contribution is 2.39. The normalized spacial score (nSPS) is 10.6. The Morgan fingerprint density at radius 2 is 2.35 bits per heavy atom. The first-order chi connectivity index (χ1) is 9.42. The number of benzene rings is 1. The molecule has 0 aromatic heterocycles. The highest BCUT2D eigenvalue weighted by atomic mass is 79.9. The number of nitrogens with two attached hydrogens (primary N) is 1. The van der Waals surface area contributed by atoms with E-state index in [1.165, 1.54) is 19.2 Å². The molecule has 1 rings (SSSR count). The van der Waals surface area contributed by atoms with Crippen LogP contribution in [0.4, 0.5) is 11.4 Å². The molecule has 0 fully saturated rings. The van der Waals surface area contributed by atoms with Crippen molar-refractivity contribution >= 4 is 38.9 Å². The number of halogens is 1. The Balaban J connectivity index is 3.32. The van der Waals surface area contributed by atoms with E-state index in [9.17, 15) is 10.1 Å². The molecule has 0 bridgehead atoms. The largest absolute Gasteiger partial charge is 0.495 e. The first-order valence-electron chi connectivity index (χ1n) is 5.01. The zero-order valence-corrected chi connectivity index (χ0v) is 11.8. The second-order valence-electron chi connectivity index (χ2n) is 3.33. The number of methoxy groups -OCH3 is 1.